The van der Waals surface area contributed by atoms with E-state index < -0.39 is 0 Å². The van der Waals surface area contributed by atoms with E-state index >= 15 is 0 Å². The van der Waals surface area contributed by atoms with Gasteiger partial charge in [0.15, 0.2) is 5.96 Å². The molecule has 0 saturated carbocycles. The number of piperazine rings is 1. The van der Waals surface area contributed by atoms with E-state index in [2.05, 4.69) is 62.8 Å². The number of aromatic nitrogens is 3. The van der Waals surface area contributed by atoms with Crippen LogP contribution in [0.25, 0.3) is 0 Å². The highest BCUT2D eigenvalue weighted by atomic mass is 16.5. The van der Waals surface area contributed by atoms with E-state index in [9.17, 15) is 0 Å². The Kier molecular flexibility index (Phi) is 7.93. The number of anilines is 1. The van der Waals surface area contributed by atoms with Crippen LogP contribution in [0.4, 0.5) is 5.69 Å². The monoisotopic (exact) mass is 413 g/mol. The molecule has 1 N–H and O–H groups in total. The molecular formula is C22H35N7O. The Balaban J connectivity index is 1.61. The molecule has 0 spiro atoms. The fraction of sp³-hybridized carbons (Fsp3) is 0.591. The third-order valence-electron chi connectivity index (χ3n) is 5.62. The molecule has 1 atom stereocenters. The molecule has 0 amide bonds. The SMILES string of the molecule is CCc1nncn1CCN=C(NC(C)CC)N1CCN(c2ccc(OC)cc2)CC1. The predicted octanol–water partition coefficient (Wildman–Crippen LogP) is 2.42. The number of rotatable bonds is 8. The normalized spacial score (nSPS) is 15.9. The Morgan fingerprint density at radius 3 is 2.53 bits per heavy atom. The molecule has 1 aromatic carbocycles. The molecule has 1 fully saturated rings. The van der Waals surface area contributed by atoms with Gasteiger partial charge in [-0.2, -0.15) is 0 Å². The topological polar surface area (TPSA) is 70.8 Å². The summed E-state index contributed by atoms with van der Waals surface area (Å²) in [5.74, 6) is 2.91. The van der Waals surface area contributed by atoms with Crippen LogP contribution in [0, 0.1) is 0 Å². The molecule has 30 heavy (non-hydrogen) atoms. The largest absolute Gasteiger partial charge is 0.497 e. The third-order valence-corrected chi connectivity index (χ3v) is 5.62. The minimum atomic E-state index is 0.393. The quantitative estimate of drug-likeness (QED) is 0.529. The summed E-state index contributed by atoms with van der Waals surface area (Å²) in [4.78, 5) is 9.72. The second kappa shape index (κ2) is 10.8. The smallest absolute Gasteiger partial charge is 0.194 e. The van der Waals surface area contributed by atoms with Gasteiger partial charge in [-0.25, -0.2) is 0 Å². The summed E-state index contributed by atoms with van der Waals surface area (Å²) in [6.45, 7) is 11.8. The number of methoxy groups -OCH3 is 1. The first-order valence-electron chi connectivity index (χ1n) is 11.0. The summed E-state index contributed by atoms with van der Waals surface area (Å²) >= 11 is 0. The highest BCUT2D eigenvalue weighted by molar-refractivity contribution is 5.80. The van der Waals surface area contributed by atoms with Crippen molar-refractivity contribution >= 4 is 11.6 Å². The van der Waals surface area contributed by atoms with Gasteiger partial charge in [0.2, 0.25) is 0 Å². The summed E-state index contributed by atoms with van der Waals surface area (Å²) in [6.07, 6.45) is 3.75. The molecule has 1 unspecified atom stereocenters. The Bertz CT molecular complexity index is 794. The van der Waals surface area contributed by atoms with Gasteiger partial charge in [-0.3, -0.25) is 4.99 Å². The van der Waals surface area contributed by atoms with Crippen LogP contribution in [-0.2, 0) is 13.0 Å². The second-order valence-corrected chi connectivity index (χ2v) is 7.63. The van der Waals surface area contributed by atoms with Crippen LogP contribution in [0.3, 0.4) is 0 Å². The summed E-state index contributed by atoms with van der Waals surface area (Å²) in [5, 5.41) is 11.8. The van der Waals surface area contributed by atoms with E-state index in [1.807, 2.05) is 12.1 Å². The lowest BCUT2D eigenvalue weighted by Crippen LogP contribution is -2.54. The lowest BCUT2D eigenvalue weighted by molar-refractivity contribution is 0.365. The number of nitrogens with one attached hydrogen (secondary N) is 1. The van der Waals surface area contributed by atoms with Crippen LogP contribution in [0.15, 0.2) is 35.6 Å². The molecule has 0 bridgehead atoms. The first-order chi connectivity index (χ1) is 14.6. The van der Waals surface area contributed by atoms with Crippen molar-refractivity contribution in [1.82, 2.24) is 25.0 Å². The van der Waals surface area contributed by atoms with Crippen molar-refractivity contribution in [3.63, 3.8) is 0 Å². The summed E-state index contributed by atoms with van der Waals surface area (Å²) in [6, 6.07) is 8.70. The highest BCUT2D eigenvalue weighted by Crippen LogP contribution is 2.20. The van der Waals surface area contributed by atoms with Crippen LogP contribution in [0.2, 0.25) is 0 Å². The maximum atomic E-state index is 5.27. The first-order valence-corrected chi connectivity index (χ1v) is 11.0. The van der Waals surface area contributed by atoms with E-state index in [4.69, 9.17) is 9.73 Å². The molecule has 0 aliphatic carbocycles. The van der Waals surface area contributed by atoms with Crippen LogP contribution < -0.4 is 15.0 Å². The van der Waals surface area contributed by atoms with Crippen molar-refractivity contribution in [2.45, 2.75) is 46.2 Å². The number of guanidine groups is 1. The van der Waals surface area contributed by atoms with Gasteiger partial charge in [0.05, 0.1) is 13.7 Å². The molecule has 1 aromatic heterocycles. The minimum absolute atomic E-state index is 0.393. The number of benzene rings is 1. The number of hydrogen-bond donors (Lipinski definition) is 1. The molecule has 0 radical (unpaired) electrons. The van der Waals surface area contributed by atoms with Crippen molar-refractivity contribution < 1.29 is 4.74 Å². The van der Waals surface area contributed by atoms with E-state index in [-0.39, 0.29) is 0 Å². The Labute approximate surface area is 179 Å². The number of nitrogens with zero attached hydrogens (tertiary/aromatic N) is 6. The molecule has 2 aromatic rings. The van der Waals surface area contributed by atoms with E-state index in [0.717, 1.165) is 63.1 Å². The van der Waals surface area contributed by atoms with Gasteiger partial charge in [0.1, 0.15) is 17.9 Å². The third kappa shape index (κ3) is 5.64. The fourth-order valence-electron chi connectivity index (χ4n) is 3.53. The molecule has 3 rings (SSSR count). The summed E-state index contributed by atoms with van der Waals surface area (Å²) in [5.41, 5.74) is 1.24. The van der Waals surface area contributed by atoms with Crippen LogP contribution >= 0.6 is 0 Å². The molecule has 2 heterocycles. The zero-order valence-corrected chi connectivity index (χ0v) is 18.7. The lowest BCUT2D eigenvalue weighted by atomic mass is 10.2. The van der Waals surface area contributed by atoms with Crippen LogP contribution in [0.1, 0.15) is 33.0 Å². The van der Waals surface area contributed by atoms with Gasteiger partial charge in [-0.15, -0.1) is 10.2 Å². The van der Waals surface area contributed by atoms with Gasteiger partial charge in [0, 0.05) is 50.9 Å². The average molecular weight is 414 g/mol. The van der Waals surface area contributed by atoms with E-state index in [1.54, 1.807) is 13.4 Å². The van der Waals surface area contributed by atoms with Gasteiger partial charge < -0.3 is 24.4 Å². The first kappa shape index (κ1) is 21.9. The highest BCUT2D eigenvalue weighted by Gasteiger charge is 2.21. The van der Waals surface area contributed by atoms with Gasteiger partial charge >= 0.3 is 0 Å². The van der Waals surface area contributed by atoms with Crippen molar-refractivity contribution in [1.29, 1.82) is 0 Å². The maximum absolute atomic E-state index is 5.27. The maximum Gasteiger partial charge on any atom is 0.194 e. The molecule has 8 nitrogen and oxygen atoms in total. The summed E-state index contributed by atoms with van der Waals surface area (Å²) in [7, 11) is 1.70. The summed E-state index contributed by atoms with van der Waals surface area (Å²) < 4.78 is 7.36. The van der Waals surface area contributed by atoms with E-state index in [0.29, 0.717) is 12.6 Å². The number of hydrogen-bond acceptors (Lipinski definition) is 5. The Hall–Kier alpha value is -2.77. The number of ether oxygens (including phenoxy) is 1. The van der Waals surface area contributed by atoms with E-state index in [1.165, 1.54) is 5.69 Å². The molecule has 164 valence electrons. The zero-order chi connectivity index (χ0) is 21.3. The predicted molar refractivity (Wildman–Crippen MR) is 121 cm³/mol. The minimum Gasteiger partial charge on any atom is -0.497 e. The molecule has 1 saturated heterocycles. The molecule has 8 heteroatoms. The van der Waals surface area contributed by atoms with Crippen LogP contribution in [0.5, 0.6) is 5.75 Å². The van der Waals surface area contributed by atoms with Crippen molar-refractivity contribution in [3.8, 4) is 5.75 Å². The zero-order valence-electron chi connectivity index (χ0n) is 18.7. The molecule has 1 aliphatic heterocycles. The molecule has 1 aliphatic rings. The van der Waals surface area contributed by atoms with Crippen molar-refractivity contribution in [3.05, 3.63) is 36.4 Å². The van der Waals surface area contributed by atoms with Crippen molar-refractivity contribution in [2.75, 3.05) is 44.7 Å². The Morgan fingerprint density at radius 1 is 1.17 bits per heavy atom. The fourth-order valence-corrected chi connectivity index (χ4v) is 3.53. The van der Waals surface area contributed by atoms with Crippen LogP contribution in [-0.4, -0.2) is 71.5 Å². The van der Waals surface area contributed by atoms with Gasteiger partial charge in [-0.05, 0) is 37.6 Å². The van der Waals surface area contributed by atoms with Crippen molar-refractivity contribution in [2.24, 2.45) is 4.99 Å². The van der Waals surface area contributed by atoms with Gasteiger partial charge in [-0.1, -0.05) is 13.8 Å². The number of aliphatic imine (C=N–C) groups is 1. The second-order valence-electron chi connectivity index (χ2n) is 7.63. The number of aryl methyl sites for hydroxylation is 1. The molecular weight excluding hydrogens is 378 g/mol. The average Bonchev–Trinajstić information content (AvgIpc) is 3.26. The Morgan fingerprint density at radius 2 is 1.90 bits per heavy atom. The lowest BCUT2D eigenvalue weighted by Gasteiger charge is -2.38. The standard InChI is InChI=1S/C22H35N7O/c1-5-18(3)25-22(23-11-12-29-17-24-26-21(29)6-2)28-15-13-27(14-16-28)19-7-9-20(30-4)10-8-19/h7-10,17-18H,5-6,11-16H2,1-4H3,(H,23,25). The van der Waals surface area contributed by atoms with Gasteiger partial charge in [0.25, 0.3) is 0 Å².